The Labute approximate surface area is 160 Å². The summed E-state index contributed by atoms with van der Waals surface area (Å²) in [6.07, 6.45) is 2.15. The molecule has 0 bridgehead atoms. The van der Waals surface area contributed by atoms with Gasteiger partial charge >= 0.3 is 5.97 Å². The Bertz CT molecular complexity index is 706. The van der Waals surface area contributed by atoms with Crippen LogP contribution in [0, 0.1) is 6.92 Å². The number of aryl methyl sites for hydroxylation is 1. The van der Waals surface area contributed by atoms with Crippen molar-refractivity contribution in [2.75, 3.05) is 6.61 Å². The van der Waals surface area contributed by atoms with Crippen LogP contribution in [-0.2, 0) is 11.2 Å². The number of ether oxygens (including phenoxy) is 1. The van der Waals surface area contributed by atoms with Crippen LogP contribution in [0.4, 0.5) is 0 Å². The lowest BCUT2D eigenvalue weighted by molar-refractivity contribution is -0.139. The molecule has 2 rings (SSSR count). The topological polar surface area (TPSA) is 58.6 Å². The summed E-state index contributed by atoms with van der Waals surface area (Å²) in [5.41, 5.74) is 2.01. The molecular formula is C21H26ClNO3. The van der Waals surface area contributed by atoms with E-state index in [1.807, 2.05) is 62.4 Å². The third kappa shape index (κ3) is 6.70. The van der Waals surface area contributed by atoms with Gasteiger partial charge in [-0.15, -0.1) is 0 Å². The predicted molar refractivity (Wildman–Crippen MR) is 105 cm³/mol. The van der Waals surface area contributed by atoms with E-state index in [4.69, 9.17) is 16.3 Å². The molecule has 0 saturated heterocycles. The van der Waals surface area contributed by atoms with Gasteiger partial charge < -0.3 is 15.2 Å². The molecule has 0 heterocycles. The smallest absolute Gasteiger partial charge is 0.321 e. The average molecular weight is 376 g/mol. The highest BCUT2D eigenvalue weighted by atomic mass is 35.5. The zero-order chi connectivity index (χ0) is 18.9. The third-order valence-corrected chi connectivity index (χ3v) is 4.67. The zero-order valence-electron chi connectivity index (χ0n) is 15.2. The Kier molecular flexibility index (Phi) is 7.95. The maximum absolute atomic E-state index is 11.5. The lowest BCUT2D eigenvalue weighted by atomic mass is 10.0. The molecule has 140 valence electrons. The number of halogens is 1. The van der Waals surface area contributed by atoms with Crippen molar-refractivity contribution in [1.29, 1.82) is 0 Å². The molecule has 0 aromatic heterocycles. The largest absolute Gasteiger partial charge is 0.494 e. The minimum absolute atomic E-state index is 0.0929. The summed E-state index contributed by atoms with van der Waals surface area (Å²) < 4.78 is 5.74. The third-order valence-electron chi connectivity index (χ3n) is 4.25. The van der Waals surface area contributed by atoms with Gasteiger partial charge in [-0.25, -0.2) is 0 Å². The minimum atomic E-state index is -0.825. The molecule has 0 aliphatic carbocycles. The van der Waals surface area contributed by atoms with Crippen molar-refractivity contribution in [1.82, 2.24) is 5.32 Å². The maximum atomic E-state index is 11.5. The second-order valence-corrected chi connectivity index (χ2v) is 6.96. The van der Waals surface area contributed by atoms with Crippen LogP contribution in [0.15, 0.2) is 48.5 Å². The van der Waals surface area contributed by atoms with Gasteiger partial charge in [-0.3, -0.25) is 4.79 Å². The Morgan fingerprint density at radius 1 is 1.23 bits per heavy atom. The molecule has 0 aliphatic heterocycles. The van der Waals surface area contributed by atoms with E-state index in [1.165, 1.54) is 0 Å². The predicted octanol–water partition coefficient (Wildman–Crippen LogP) is 4.48. The molecule has 0 aliphatic rings. The highest BCUT2D eigenvalue weighted by molar-refractivity contribution is 6.31. The van der Waals surface area contributed by atoms with Crippen molar-refractivity contribution < 1.29 is 14.6 Å². The first-order chi connectivity index (χ1) is 12.5. The maximum Gasteiger partial charge on any atom is 0.321 e. The van der Waals surface area contributed by atoms with Crippen molar-refractivity contribution >= 4 is 17.6 Å². The van der Waals surface area contributed by atoms with E-state index in [0.29, 0.717) is 13.0 Å². The van der Waals surface area contributed by atoms with Crippen LogP contribution in [0.3, 0.4) is 0 Å². The monoisotopic (exact) mass is 375 g/mol. The Hall–Kier alpha value is -2.04. The quantitative estimate of drug-likeness (QED) is 0.601. The Balaban J connectivity index is 1.74. The van der Waals surface area contributed by atoms with Gasteiger partial charge in [-0.2, -0.15) is 0 Å². The normalized spacial score (nSPS) is 13.2. The fraction of sp³-hybridized carbons (Fsp3) is 0.381. The van der Waals surface area contributed by atoms with Crippen LogP contribution in [0.2, 0.25) is 5.02 Å². The molecule has 0 fully saturated rings. The van der Waals surface area contributed by atoms with Crippen LogP contribution >= 0.6 is 11.6 Å². The summed E-state index contributed by atoms with van der Waals surface area (Å²) in [5.74, 6) is -0.0198. The Morgan fingerprint density at radius 3 is 2.62 bits per heavy atom. The zero-order valence-corrected chi connectivity index (χ0v) is 16.0. The number of benzene rings is 2. The number of carbonyl (C=O) groups is 1. The van der Waals surface area contributed by atoms with E-state index in [0.717, 1.165) is 34.7 Å². The van der Waals surface area contributed by atoms with E-state index in [1.54, 1.807) is 0 Å². The van der Waals surface area contributed by atoms with Crippen molar-refractivity contribution in [3.63, 3.8) is 0 Å². The molecule has 0 amide bonds. The van der Waals surface area contributed by atoms with Gasteiger partial charge in [0.1, 0.15) is 11.8 Å². The fourth-order valence-corrected chi connectivity index (χ4v) is 2.90. The van der Waals surface area contributed by atoms with Crippen molar-refractivity contribution in [2.24, 2.45) is 0 Å². The van der Waals surface area contributed by atoms with E-state index < -0.39 is 12.0 Å². The fourth-order valence-electron chi connectivity index (χ4n) is 2.78. The lowest BCUT2D eigenvalue weighted by Gasteiger charge is -2.20. The number of hydrogen-bond donors (Lipinski definition) is 2. The standard InChI is InChI=1S/C21H26ClNO3/c1-15-13-18(10-11-19(15)22)26-12-6-7-16(2)23-20(21(24)25)14-17-8-4-3-5-9-17/h3-5,8-11,13,16,20,23H,6-7,12,14H2,1-2H3,(H,24,25)/t16?,20-/m0/s1. The van der Waals surface area contributed by atoms with Crippen LogP contribution in [0.1, 0.15) is 30.9 Å². The minimum Gasteiger partial charge on any atom is -0.494 e. The summed E-state index contributed by atoms with van der Waals surface area (Å²) in [4.78, 5) is 11.5. The summed E-state index contributed by atoms with van der Waals surface area (Å²) >= 11 is 6.00. The molecule has 0 saturated carbocycles. The molecular weight excluding hydrogens is 350 g/mol. The molecule has 5 heteroatoms. The summed E-state index contributed by atoms with van der Waals surface area (Å²) in [6, 6.07) is 14.8. The molecule has 2 N–H and O–H groups in total. The summed E-state index contributed by atoms with van der Waals surface area (Å²) in [5, 5.41) is 13.4. The van der Waals surface area contributed by atoms with Crippen LogP contribution in [0.25, 0.3) is 0 Å². The molecule has 2 aromatic rings. The van der Waals surface area contributed by atoms with E-state index >= 15 is 0 Å². The first kappa shape index (κ1) is 20.3. The second kappa shape index (κ2) is 10.2. The van der Waals surface area contributed by atoms with Crippen molar-refractivity contribution in [3.8, 4) is 5.75 Å². The number of carboxylic acids is 1. The number of aliphatic carboxylic acids is 1. The Morgan fingerprint density at radius 2 is 1.96 bits per heavy atom. The molecule has 26 heavy (non-hydrogen) atoms. The van der Waals surface area contributed by atoms with Crippen molar-refractivity contribution in [3.05, 3.63) is 64.7 Å². The van der Waals surface area contributed by atoms with Gasteiger partial charge in [0, 0.05) is 11.1 Å². The molecule has 2 atom stereocenters. The highest BCUT2D eigenvalue weighted by Crippen LogP contribution is 2.21. The number of rotatable bonds is 10. The van der Waals surface area contributed by atoms with Crippen LogP contribution < -0.4 is 10.1 Å². The second-order valence-electron chi connectivity index (χ2n) is 6.55. The van der Waals surface area contributed by atoms with Crippen LogP contribution in [-0.4, -0.2) is 29.8 Å². The van der Waals surface area contributed by atoms with E-state index in [9.17, 15) is 9.90 Å². The number of carboxylic acid groups (broad SMARTS) is 1. The molecule has 4 nitrogen and oxygen atoms in total. The van der Waals surface area contributed by atoms with E-state index in [-0.39, 0.29) is 6.04 Å². The first-order valence-corrected chi connectivity index (χ1v) is 9.25. The van der Waals surface area contributed by atoms with Gasteiger partial charge in [0.05, 0.1) is 6.61 Å². The summed E-state index contributed by atoms with van der Waals surface area (Å²) in [6.45, 7) is 4.54. The van der Waals surface area contributed by atoms with Gasteiger partial charge in [0.25, 0.3) is 0 Å². The molecule has 2 aromatic carbocycles. The van der Waals surface area contributed by atoms with Gasteiger partial charge in [-0.05, 0) is 62.4 Å². The van der Waals surface area contributed by atoms with Crippen molar-refractivity contribution in [2.45, 2.75) is 45.2 Å². The van der Waals surface area contributed by atoms with Gasteiger partial charge in [-0.1, -0.05) is 41.9 Å². The highest BCUT2D eigenvalue weighted by Gasteiger charge is 2.19. The average Bonchev–Trinajstić information content (AvgIpc) is 2.62. The lowest BCUT2D eigenvalue weighted by Crippen LogP contribution is -2.43. The molecule has 0 spiro atoms. The van der Waals surface area contributed by atoms with Crippen LogP contribution in [0.5, 0.6) is 5.75 Å². The number of nitrogens with one attached hydrogen (secondary N) is 1. The van der Waals surface area contributed by atoms with E-state index in [2.05, 4.69) is 5.32 Å². The van der Waals surface area contributed by atoms with Gasteiger partial charge in [0.2, 0.25) is 0 Å². The first-order valence-electron chi connectivity index (χ1n) is 8.87. The SMILES string of the molecule is Cc1cc(OCCCC(C)N[C@@H](Cc2ccccc2)C(=O)O)ccc1Cl. The number of hydrogen-bond acceptors (Lipinski definition) is 3. The molecule has 0 radical (unpaired) electrons. The molecule has 1 unspecified atom stereocenters. The van der Waals surface area contributed by atoms with Gasteiger partial charge in [0.15, 0.2) is 0 Å². The summed E-state index contributed by atoms with van der Waals surface area (Å²) in [7, 11) is 0.